The van der Waals surface area contributed by atoms with E-state index in [1.807, 2.05) is 0 Å². The van der Waals surface area contributed by atoms with Gasteiger partial charge in [-0.3, -0.25) is 0 Å². The zero-order valence-electron chi connectivity index (χ0n) is 8.21. The number of hydrogen-bond acceptors (Lipinski definition) is 2. The largest absolute Gasteiger partial charge is 0.395 e. The van der Waals surface area contributed by atoms with Gasteiger partial charge in [-0.05, 0) is 30.6 Å². The van der Waals surface area contributed by atoms with Crippen molar-refractivity contribution in [3.05, 3.63) is 0 Å². The third-order valence-electron chi connectivity index (χ3n) is 3.06. The molecule has 0 amide bonds. The van der Waals surface area contributed by atoms with Crippen LogP contribution in [0, 0.1) is 11.3 Å². The quantitative estimate of drug-likeness (QED) is 0.661. The molecule has 0 heterocycles. The summed E-state index contributed by atoms with van der Waals surface area (Å²) in [6, 6.07) is 0.00424. The highest BCUT2D eigenvalue weighted by Gasteiger charge is 2.30. The van der Waals surface area contributed by atoms with Crippen molar-refractivity contribution in [1.82, 2.24) is 0 Å². The summed E-state index contributed by atoms with van der Waals surface area (Å²) < 4.78 is 0. The monoisotopic (exact) mass is 171 g/mol. The van der Waals surface area contributed by atoms with Crippen LogP contribution in [0.5, 0.6) is 0 Å². The minimum absolute atomic E-state index is 0.00424. The zero-order valence-corrected chi connectivity index (χ0v) is 8.21. The Balaban J connectivity index is 2.46. The topological polar surface area (TPSA) is 46.2 Å². The number of nitrogens with two attached hydrogens (primary N) is 1. The van der Waals surface area contributed by atoms with E-state index in [1.54, 1.807) is 0 Å². The lowest BCUT2D eigenvalue weighted by atomic mass is 9.70. The Morgan fingerprint density at radius 2 is 2.25 bits per heavy atom. The van der Waals surface area contributed by atoms with Crippen LogP contribution in [-0.4, -0.2) is 17.8 Å². The second kappa shape index (κ2) is 3.75. The maximum Gasteiger partial charge on any atom is 0.0585 e. The molecule has 3 N–H and O–H groups in total. The van der Waals surface area contributed by atoms with Crippen LogP contribution in [0.2, 0.25) is 0 Å². The molecule has 2 nitrogen and oxygen atoms in total. The highest BCUT2D eigenvalue weighted by atomic mass is 16.3. The number of aliphatic hydroxyl groups is 1. The van der Waals surface area contributed by atoms with Crippen molar-refractivity contribution >= 4 is 0 Å². The fourth-order valence-corrected chi connectivity index (χ4v) is 2.27. The van der Waals surface area contributed by atoms with E-state index >= 15 is 0 Å². The molecule has 0 aliphatic heterocycles. The van der Waals surface area contributed by atoms with E-state index in [-0.39, 0.29) is 12.6 Å². The van der Waals surface area contributed by atoms with E-state index in [9.17, 15) is 0 Å². The summed E-state index contributed by atoms with van der Waals surface area (Å²) in [6.45, 7) is 4.73. The van der Waals surface area contributed by atoms with Crippen molar-refractivity contribution in [2.24, 2.45) is 17.1 Å². The summed E-state index contributed by atoms with van der Waals surface area (Å²) in [4.78, 5) is 0. The first kappa shape index (κ1) is 10.0. The molecule has 1 aliphatic carbocycles. The van der Waals surface area contributed by atoms with E-state index in [1.165, 1.54) is 25.7 Å². The van der Waals surface area contributed by atoms with Crippen LogP contribution in [0.3, 0.4) is 0 Å². The number of aliphatic hydroxyl groups excluding tert-OH is 1. The van der Waals surface area contributed by atoms with Crippen LogP contribution in [0.15, 0.2) is 0 Å². The Bertz CT molecular complexity index is 145. The van der Waals surface area contributed by atoms with Crippen LogP contribution in [0.25, 0.3) is 0 Å². The molecule has 2 heteroatoms. The molecular weight excluding hydrogens is 150 g/mol. The highest BCUT2D eigenvalue weighted by Crippen LogP contribution is 2.39. The minimum atomic E-state index is 0.00424. The lowest BCUT2D eigenvalue weighted by molar-refractivity contribution is 0.130. The van der Waals surface area contributed by atoms with Crippen LogP contribution < -0.4 is 5.73 Å². The summed E-state index contributed by atoms with van der Waals surface area (Å²) in [5, 5.41) is 8.93. The van der Waals surface area contributed by atoms with E-state index in [4.69, 9.17) is 10.8 Å². The average Bonchev–Trinajstić information content (AvgIpc) is 2.01. The van der Waals surface area contributed by atoms with Gasteiger partial charge >= 0.3 is 0 Å². The second-order valence-electron chi connectivity index (χ2n) is 4.87. The molecule has 0 saturated heterocycles. The number of hydrogen-bond donors (Lipinski definition) is 2. The van der Waals surface area contributed by atoms with E-state index < -0.39 is 0 Å². The number of rotatable bonds is 2. The molecule has 1 fully saturated rings. The summed E-state index contributed by atoms with van der Waals surface area (Å²) >= 11 is 0. The molecule has 0 aromatic rings. The Labute approximate surface area is 75.2 Å². The highest BCUT2D eigenvalue weighted by molar-refractivity contribution is 4.84. The Kier molecular flexibility index (Phi) is 3.13. The summed E-state index contributed by atoms with van der Waals surface area (Å²) in [6.07, 6.45) is 4.95. The van der Waals surface area contributed by atoms with Crippen LogP contribution >= 0.6 is 0 Å². The molecular formula is C10H21NO. The predicted molar refractivity (Wildman–Crippen MR) is 50.8 cm³/mol. The molecule has 0 bridgehead atoms. The first-order chi connectivity index (χ1) is 5.55. The van der Waals surface area contributed by atoms with Gasteiger partial charge in [-0.15, -0.1) is 0 Å². The maximum absolute atomic E-state index is 8.93. The Morgan fingerprint density at radius 1 is 1.58 bits per heavy atom. The fourth-order valence-electron chi connectivity index (χ4n) is 2.27. The first-order valence-electron chi connectivity index (χ1n) is 4.91. The molecule has 1 saturated carbocycles. The van der Waals surface area contributed by atoms with Gasteiger partial charge in [0.05, 0.1) is 6.61 Å². The molecule has 1 unspecified atom stereocenters. The van der Waals surface area contributed by atoms with E-state index in [2.05, 4.69) is 13.8 Å². The van der Waals surface area contributed by atoms with E-state index in [0.29, 0.717) is 11.3 Å². The van der Waals surface area contributed by atoms with Gasteiger partial charge in [-0.25, -0.2) is 0 Å². The normalized spacial score (nSPS) is 31.5. The van der Waals surface area contributed by atoms with Gasteiger partial charge in [0.25, 0.3) is 0 Å². The van der Waals surface area contributed by atoms with Crippen LogP contribution in [0.1, 0.15) is 39.5 Å². The fraction of sp³-hybridized carbons (Fsp3) is 1.00. The maximum atomic E-state index is 8.93. The Hall–Kier alpha value is -0.0800. The van der Waals surface area contributed by atoms with Gasteiger partial charge in [-0.2, -0.15) is 0 Å². The smallest absolute Gasteiger partial charge is 0.0585 e. The molecule has 0 aromatic heterocycles. The molecule has 2 atom stereocenters. The second-order valence-corrected chi connectivity index (χ2v) is 4.87. The molecule has 0 aromatic carbocycles. The molecule has 1 aliphatic rings. The summed E-state index contributed by atoms with van der Waals surface area (Å²) in [5.41, 5.74) is 6.26. The van der Waals surface area contributed by atoms with E-state index in [0.717, 1.165) is 0 Å². The van der Waals surface area contributed by atoms with Crippen molar-refractivity contribution in [3.63, 3.8) is 0 Å². The van der Waals surface area contributed by atoms with Crippen molar-refractivity contribution in [1.29, 1.82) is 0 Å². The van der Waals surface area contributed by atoms with Crippen molar-refractivity contribution < 1.29 is 5.11 Å². The predicted octanol–water partition coefficient (Wildman–Crippen LogP) is 1.52. The van der Waals surface area contributed by atoms with Gasteiger partial charge in [0.15, 0.2) is 0 Å². The average molecular weight is 171 g/mol. The lowest BCUT2D eigenvalue weighted by Crippen LogP contribution is -2.38. The summed E-state index contributed by atoms with van der Waals surface area (Å²) in [5.74, 6) is 0.541. The first-order valence-corrected chi connectivity index (χ1v) is 4.91. The van der Waals surface area contributed by atoms with Gasteiger partial charge in [0.1, 0.15) is 0 Å². The van der Waals surface area contributed by atoms with Crippen molar-refractivity contribution in [3.8, 4) is 0 Å². The summed E-state index contributed by atoms with van der Waals surface area (Å²) in [7, 11) is 0. The molecule has 1 rings (SSSR count). The zero-order chi connectivity index (χ0) is 9.19. The SMILES string of the molecule is CC1(C)CCCC([C@@H](N)CO)C1. The van der Waals surface area contributed by atoms with Gasteiger partial charge in [0.2, 0.25) is 0 Å². The third-order valence-corrected chi connectivity index (χ3v) is 3.06. The molecule has 0 spiro atoms. The van der Waals surface area contributed by atoms with Crippen molar-refractivity contribution in [2.45, 2.75) is 45.6 Å². The van der Waals surface area contributed by atoms with Gasteiger partial charge < -0.3 is 10.8 Å². The standard InChI is InChI=1S/C10H21NO/c1-10(2)5-3-4-8(6-10)9(11)7-12/h8-9,12H,3-7,11H2,1-2H3/t8?,9-/m0/s1. The lowest BCUT2D eigenvalue weighted by Gasteiger charge is -2.37. The minimum Gasteiger partial charge on any atom is -0.395 e. The van der Waals surface area contributed by atoms with Crippen LogP contribution in [-0.2, 0) is 0 Å². The van der Waals surface area contributed by atoms with Gasteiger partial charge in [0, 0.05) is 6.04 Å². The molecule has 12 heavy (non-hydrogen) atoms. The Morgan fingerprint density at radius 3 is 2.75 bits per heavy atom. The molecule has 0 radical (unpaired) electrons. The third kappa shape index (κ3) is 2.46. The van der Waals surface area contributed by atoms with Gasteiger partial charge in [-0.1, -0.05) is 20.3 Å². The van der Waals surface area contributed by atoms with Crippen molar-refractivity contribution in [2.75, 3.05) is 6.61 Å². The van der Waals surface area contributed by atoms with Crippen LogP contribution in [0.4, 0.5) is 0 Å². The molecule has 72 valence electrons.